The molecule has 1 saturated heterocycles. The summed E-state index contributed by atoms with van der Waals surface area (Å²) >= 11 is 0. The molecule has 41 valence electrons. The predicted octanol–water partition coefficient (Wildman–Crippen LogP) is 0.287. The van der Waals surface area contributed by atoms with Crippen molar-refractivity contribution in [1.82, 2.24) is 0 Å². The molecule has 1 heterocycles. The fourth-order valence-electron chi connectivity index (χ4n) is 0.634. The Kier molecular flexibility index (Phi) is 1.65. The first-order valence-corrected chi connectivity index (χ1v) is 2.57. The molecule has 0 bridgehead atoms. The molecule has 0 spiro atoms. The summed E-state index contributed by atoms with van der Waals surface area (Å²) in [4.78, 5) is 0. The minimum atomic E-state index is 0.825. The van der Waals surface area contributed by atoms with Crippen molar-refractivity contribution in [3.8, 4) is 0 Å². The average Bonchev–Trinajstić information content (AvgIpc) is 1.69. The molecule has 1 aliphatic rings. The van der Waals surface area contributed by atoms with Gasteiger partial charge in [-0.3, -0.25) is 0 Å². The van der Waals surface area contributed by atoms with Crippen molar-refractivity contribution in [2.75, 3.05) is 13.2 Å². The topological polar surface area (TPSA) is 35.2 Å². The van der Waals surface area contributed by atoms with Gasteiger partial charge < -0.3 is 10.5 Å². The molecule has 0 aromatic carbocycles. The van der Waals surface area contributed by atoms with Crippen molar-refractivity contribution in [2.24, 2.45) is 5.73 Å². The van der Waals surface area contributed by atoms with Crippen molar-refractivity contribution in [1.29, 1.82) is 0 Å². The van der Waals surface area contributed by atoms with Crippen LogP contribution in [0.25, 0.3) is 0 Å². The van der Waals surface area contributed by atoms with E-state index >= 15 is 0 Å². The molecule has 0 aliphatic carbocycles. The van der Waals surface area contributed by atoms with Gasteiger partial charge in [-0.05, 0) is 12.8 Å². The predicted molar refractivity (Wildman–Crippen MR) is 27.5 cm³/mol. The molecule has 1 fully saturated rings. The van der Waals surface area contributed by atoms with Crippen molar-refractivity contribution in [3.63, 3.8) is 0 Å². The monoisotopic (exact) mass is 100 g/mol. The molecular formula is C5H10NO. The van der Waals surface area contributed by atoms with Gasteiger partial charge in [-0.25, -0.2) is 0 Å². The summed E-state index contributed by atoms with van der Waals surface area (Å²) in [6, 6.07) is 1.09. The molecule has 2 N–H and O–H groups in total. The van der Waals surface area contributed by atoms with Crippen LogP contribution in [0.4, 0.5) is 0 Å². The SMILES string of the molecule is N[C]1CCOCC1. The Morgan fingerprint density at radius 3 is 2.14 bits per heavy atom. The second-order valence-corrected chi connectivity index (χ2v) is 1.77. The minimum absolute atomic E-state index is 0.825. The molecule has 0 saturated carbocycles. The average molecular weight is 100 g/mol. The highest BCUT2D eigenvalue weighted by atomic mass is 16.5. The molecule has 0 aromatic heterocycles. The lowest BCUT2D eigenvalue weighted by molar-refractivity contribution is 0.106. The van der Waals surface area contributed by atoms with E-state index in [4.69, 9.17) is 10.5 Å². The van der Waals surface area contributed by atoms with Gasteiger partial charge in [0.2, 0.25) is 0 Å². The molecule has 0 atom stereocenters. The van der Waals surface area contributed by atoms with Gasteiger partial charge in [0.25, 0.3) is 0 Å². The third-order valence-electron chi connectivity index (χ3n) is 1.14. The zero-order valence-electron chi connectivity index (χ0n) is 4.31. The van der Waals surface area contributed by atoms with Gasteiger partial charge in [0, 0.05) is 19.3 Å². The van der Waals surface area contributed by atoms with E-state index in [-0.39, 0.29) is 0 Å². The Morgan fingerprint density at radius 2 is 1.86 bits per heavy atom. The van der Waals surface area contributed by atoms with Crippen LogP contribution < -0.4 is 5.73 Å². The highest BCUT2D eigenvalue weighted by Gasteiger charge is 2.07. The highest BCUT2D eigenvalue weighted by Crippen LogP contribution is 2.08. The summed E-state index contributed by atoms with van der Waals surface area (Å²) in [5.41, 5.74) is 5.47. The smallest absolute Gasteiger partial charge is 0.0484 e. The molecule has 1 radical (unpaired) electrons. The van der Waals surface area contributed by atoms with Gasteiger partial charge in [-0.15, -0.1) is 0 Å². The van der Waals surface area contributed by atoms with Gasteiger partial charge in [-0.2, -0.15) is 0 Å². The van der Waals surface area contributed by atoms with Gasteiger partial charge in [0.1, 0.15) is 0 Å². The maximum atomic E-state index is 5.47. The molecule has 1 rings (SSSR count). The van der Waals surface area contributed by atoms with Crippen LogP contribution in [0.1, 0.15) is 12.8 Å². The fraction of sp³-hybridized carbons (Fsp3) is 0.800. The molecule has 0 amide bonds. The molecule has 2 nitrogen and oxygen atoms in total. The Hall–Kier alpha value is -0.0800. The molecule has 7 heavy (non-hydrogen) atoms. The van der Waals surface area contributed by atoms with Crippen LogP contribution >= 0.6 is 0 Å². The molecular weight excluding hydrogens is 90.1 g/mol. The summed E-state index contributed by atoms with van der Waals surface area (Å²) < 4.78 is 5.04. The van der Waals surface area contributed by atoms with E-state index in [1.165, 1.54) is 0 Å². The van der Waals surface area contributed by atoms with E-state index in [1.807, 2.05) is 0 Å². The van der Waals surface area contributed by atoms with Crippen LogP contribution in [-0.2, 0) is 4.74 Å². The largest absolute Gasteiger partial charge is 0.381 e. The summed E-state index contributed by atoms with van der Waals surface area (Å²) in [5.74, 6) is 0. The van der Waals surface area contributed by atoms with Crippen molar-refractivity contribution in [2.45, 2.75) is 12.8 Å². The first-order valence-electron chi connectivity index (χ1n) is 2.57. The number of hydrogen-bond donors (Lipinski definition) is 1. The number of rotatable bonds is 0. The maximum Gasteiger partial charge on any atom is 0.0484 e. The van der Waals surface area contributed by atoms with E-state index in [2.05, 4.69) is 0 Å². The summed E-state index contributed by atoms with van der Waals surface area (Å²) in [6.45, 7) is 1.65. The van der Waals surface area contributed by atoms with Crippen LogP contribution in [0.5, 0.6) is 0 Å². The van der Waals surface area contributed by atoms with Gasteiger partial charge in [0.15, 0.2) is 0 Å². The normalized spacial score (nSPS) is 25.3. The third kappa shape index (κ3) is 1.45. The Bertz CT molecular complexity index is 50.0. The zero-order chi connectivity index (χ0) is 5.11. The first-order chi connectivity index (χ1) is 3.39. The third-order valence-corrected chi connectivity index (χ3v) is 1.14. The quantitative estimate of drug-likeness (QED) is 0.474. The number of nitrogens with two attached hydrogens (primary N) is 1. The van der Waals surface area contributed by atoms with Crippen LogP contribution in [0.3, 0.4) is 0 Å². The van der Waals surface area contributed by atoms with Crippen LogP contribution in [0, 0.1) is 6.04 Å². The van der Waals surface area contributed by atoms with Gasteiger partial charge in [-0.1, -0.05) is 0 Å². The second-order valence-electron chi connectivity index (χ2n) is 1.77. The second kappa shape index (κ2) is 2.28. The van der Waals surface area contributed by atoms with E-state index in [0.717, 1.165) is 32.1 Å². The van der Waals surface area contributed by atoms with E-state index in [9.17, 15) is 0 Å². The van der Waals surface area contributed by atoms with Gasteiger partial charge in [0.05, 0.1) is 0 Å². The Balaban J connectivity index is 2.12. The Labute approximate surface area is 43.6 Å². The van der Waals surface area contributed by atoms with Crippen LogP contribution in [0.2, 0.25) is 0 Å². The number of ether oxygens (including phenoxy) is 1. The highest BCUT2D eigenvalue weighted by molar-refractivity contribution is 4.83. The van der Waals surface area contributed by atoms with Crippen molar-refractivity contribution in [3.05, 3.63) is 6.04 Å². The van der Waals surface area contributed by atoms with Crippen LogP contribution in [0.15, 0.2) is 0 Å². The molecule has 0 unspecified atom stereocenters. The fourth-order valence-corrected chi connectivity index (χ4v) is 0.634. The molecule has 1 aliphatic heterocycles. The van der Waals surface area contributed by atoms with E-state index in [1.54, 1.807) is 0 Å². The Morgan fingerprint density at radius 1 is 1.29 bits per heavy atom. The van der Waals surface area contributed by atoms with Crippen molar-refractivity contribution >= 4 is 0 Å². The molecule has 2 heteroatoms. The van der Waals surface area contributed by atoms with E-state index < -0.39 is 0 Å². The maximum absolute atomic E-state index is 5.47. The lowest BCUT2D eigenvalue weighted by Crippen LogP contribution is -2.20. The van der Waals surface area contributed by atoms with E-state index in [0.29, 0.717) is 0 Å². The first kappa shape index (κ1) is 5.06. The molecule has 0 aromatic rings. The number of hydrogen-bond acceptors (Lipinski definition) is 2. The van der Waals surface area contributed by atoms with Crippen LogP contribution in [-0.4, -0.2) is 13.2 Å². The minimum Gasteiger partial charge on any atom is -0.381 e. The summed E-state index contributed by atoms with van der Waals surface area (Å²) in [5, 5.41) is 0. The van der Waals surface area contributed by atoms with Gasteiger partial charge >= 0.3 is 0 Å². The lowest BCUT2D eigenvalue weighted by Gasteiger charge is -2.15. The summed E-state index contributed by atoms with van der Waals surface area (Å²) in [7, 11) is 0. The summed E-state index contributed by atoms with van der Waals surface area (Å²) in [6.07, 6.45) is 1.92. The standard InChI is InChI=1S/C5H10NO/c6-5-1-3-7-4-2-5/h1-4,6H2. The zero-order valence-corrected chi connectivity index (χ0v) is 4.31. The van der Waals surface area contributed by atoms with Crippen molar-refractivity contribution < 1.29 is 4.74 Å². The lowest BCUT2D eigenvalue weighted by atomic mass is 10.1.